The molecule has 5 rings (SSSR count). The van der Waals surface area contributed by atoms with E-state index in [2.05, 4.69) is 32.2 Å². The van der Waals surface area contributed by atoms with Crippen LogP contribution in [0, 0.1) is 6.92 Å². The van der Waals surface area contributed by atoms with E-state index < -0.39 is 0 Å². The average Bonchev–Trinajstić information content (AvgIpc) is 3.50. The highest BCUT2D eigenvalue weighted by molar-refractivity contribution is 7.99. The Hall–Kier alpha value is -2.91. The molecule has 0 saturated carbocycles. The summed E-state index contributed by atoms with van der Waals surface area (Å²) in [6.45, 7) is 10.6. The van der Waals surface area contributed by atoms with Crippen LogP contribution in [0.4, 0.5) is 17.5 Å². The first kappa shape index (κ1) is 23.8. The van der Waals surface area contributed by atoms with Gasteiger partial charge in [-0.2, -0.15) is 5.10 Å². The fraction of sp³-hybridized carbons (Fsp3) is 0.462. The van der Waals surface area contributed by atoms with Crippen LogP contribution in [0.3, 0.4) is 0 Å². The van der Waals surface area contributed by atoms with E-state index >= 15 is 0 Å². The molecule has 0 radical (unpaired) electrons. The van der Waals surface area contributed by atoms with Crippen LogP contribution in [0.2, 0.25) is 0 Å². The summed E-state index contributed by atoms with van der Waals surface area (Å²) in [6, 6.07) is 12.1. The SMILES string of the molecule is CCC(=O)Cc1ccc(Sc2nc(Nc3cc(C)[nH]n3)cc(N3CC(C)(N4CCCC4)C3)n2)cc1. The molecule has 2 aromatic heterocycles. The van der Waals surface area contributed by atoms with Crippen LogP contribution < -0.4 is 10.2 Å². The molecule has 2 saturated heterocycles. The minimum atomic E-state index is 0.216. The first-order valence-corrected chi connectivity index (χ1v) is 13.2. The molecule has 35 heavy (non-hydrogen) atoms. The number of benzene rings is 1. The monoisotopic (exact) mass is 491 g/mol. The van der Waals surface area contributed by atoms with Crippen molar-refractivity contribution in [1.82, 2.24) is 25.1 Å². The molecule has 0 spiro atoms. The van der Waals surface area contributed by atoms with Gasteiger partial charge in [-0.15, -0.1) is 0 Å². The Bertz CT molecular complexity index is 1180. The molecule has 1 aromatic carbocycles. The predicted molar refractivity (Wildman–Crippen MR) is 140 cm³/mol. The number of aromatic amines is 1. The molecule has 0 amide bonds. The van der Waals surface area contributed by atoms with Crippen LogP contribution in [0.1, 0.15) is 44.4 Å². The number of carbonyl (C=O) groups is 1. The second kappa shape index (κ2) is 9.99. The summed E-state index contributed by atoms with van der Waals surface area (Å²) in [7, 11) is 0. The van der Waals surface area contributed by atoms with Gasteiger partial charge in [0.05, 0.1) is 5.54 Å². The number of carbonyl (C=O) groups excluding carboxylic acids is 1. The van der Waals surface area contributed by atoms with Gasteiger partial charge in [0.2, 0.25) is 0 Å². The summed E-state index contributed by atoms with van der Waals surface area (Å²) in [5, 5.41) is 11.3. The normalized spacial score (nSPS) is 17.4. The van der Waals surface area contributed by atoms with Gasteiger partial charge < -0.3 is 10.2 Å². The maximum absolute atomic E-state index is 11.8. The van der Waals surface area contributed by atoms with E-state index in [1.807, 2.05) is 50.2 Å². The second-order valence-corrected chi connectivity index (χ2v) is 10.9. The highest BCUT2D eigenvalue weighted by atomic mass is 32.2. The van der Waals surface area contributed by atoms with E-state index in [1.54, 1.807) is 0 Å². The first-order valence-electron chi connectivity index (χ1n) is 12.4. The Balaban J connectivity index is 1.35. The Morgan fingerprint density at radius 1 is 1.11 bits per heavy atom. The van der Waals surface area contributed by atoms with Gasteiger partial charge in [-0.25, -0.2) is 9.97 Å². The van der Waals surface area contributed by atoms with Crippen molar-refractivity contribution in [2.24, 2.45) is 0 Å². The number of nitrogens with zero attached hydrogens (tertiary/aromatic N) is 5. The molecule has 4 heterocycles. The van der Waals surface area contributed by atoms with Gasteiger partial charge in [-0.3, -0.25) is 14.8 Å². The zero-order valence-electron chi connectivity index (χ0n) is 20.7. The molecule has 0 bridgehead atoms. The van der Waals surface area contributed by atoms with Crippen molar-refractivity contribution in [2.75, 3.05) is 36.4 Å². The molecule has 9 heteroatoms. The third-order valence-corrected chi connectivity index (χ3v) is 7.71. The van der Waals surface area contributed by atoms with Crippen molar-refractivity contribution in [3.8, 4) is 0 Å². The van der Waals surface area contributed by atoms with E-state index in [9.17, 15) is 4.79 Å². The molecule has 0 unspecified atom stereocenters. The van der Waals surface area contributed by atoms with Gasteiger partial charge in [-0.05, 0) is 69.2 Å². The predicted octanol–water partition coefficient (Wildman–Crippen LogP) is 4.60. The minimum absolute atomic E-state index is 0.216. The average molecular weight is 492 g/mol. The lowest BCUT2D eigenvalue weighted by atomic mass is 9.90. The lowest BCUT2D eigenvalue weighted by Gasteiger charge is -2.53. The fourth-order valence-corrected chi connectivity index (χ4v) is 5.59. The molecule has 2 N–H and O–H groups in total. The summed E-state index contributed by atoms with van der Waals surface area (Å²) in [5.74, 6) is 2.64. The highest BCUT2D eigenvalue weighted by Gasteiger charge is 2.45. The van der Waals surface area contributed by atoms with Crippen molar-refractivity contribution >= 4 is 35.0 Å². The molecule has 184 valence electrons. The number of aromatic nitrogens is 4. The number of ketones is 1. The minimum Gasteiger partial charge on any atom is -0.353 e. The maximum atomic E-state index is 11.8. The van der Waals surface area contributed by atoms with Gasteiger partial charge in [-0.1, -0.05) is 19.1 Å². The van der Waals surface area contributed by atoms with Crippen LogP contribution in [0.5, 0.6) is 0 Å². The number of aryl methyl sites for hydroxylation is 1. The van der Waals surface area contributed by atoms with Gasteiger partial charge in [0, 0.05) is 48.7 Å². The Kier molecular flexibility index (Phi) is 6.80. The number of likely N-dealkylation sites (tertiary alicyclic amines) is 1. The molecule has 2 aliphatic heterocycles. The molecule has 0 aliphatic carbocycles. The smallest absolute Gasteiger partial charge is 0.196 e. The topological polar surface area (TPSA) is 90.0 Å². The number of hydrogen-bond donors (Lipinski definition) is 2. The Morgan fingerprint density at radius 2 is 1.86 bits per heavy atom. The lowest BCUT2D eigenvalue weighted by molar-refractivity contribution is -0.118. The van der Waals surface area contributed by atoms with Crippen LogP contribution >= 0.6 is 11.8 Å². The number of nitrogens with one attached hydrogen (secondary N) is 2. The first-order chi connectivity index (χ1) is 16.9. The highest BCUT2D eigenvalue weighted by Crippen LogP contribution is 2.36. The third-order valence-electron chi connectivity index (χ3n) is 6.84. The Morgan fingerprint density at radius 3 is 2.51 bits per heavy atom. The van der Waals surface area contributed by atoms with E-state index in [1.165, 1.54) is 37.7 Å². The molecular formula is C26H33N7OS. The van der Waals surface area contributed by atoms with E-state index in [0.29, 0.717) is 18.0 Å². The van der Waals surface area contributed by atoms with Crippen molar-refractivity contribution in [3.05, 3.63) is 47.7 Å². The van der Waals surface area contributed by atoms with Crippen LogP contribution in [-0.4, -0.2) is 62.6 Å². The molecular weight excluding hydrogens is 458 g/mol. The van der Waals surface area contributed by atoms with Crippen molar-refractivity contribution in [1.29, 1.82) is 0 Å². The van der Waals surface area contributed by atoms with Gasteiger partial charge in [0.15, 0.2) is 11.0 Å². The summed E-state index contributed by atoms with van der Waals surface area (Å²) >= 11 is 1.53. The summed E-state index contributed by atoms with van der Waals surface area (Å²) in [6.07, 6.45) is 3.64. The Labute approximate surface area is 210 Å². The van der Waals surface area contributed by atoms with E-state index in [-0.39, 0.29) is 11.3 Å². The van der Waals surface area contributed by atoms with Crippen molar-refractivity contribution in [3.63, 3.8) is 0 Å². The van der Waals surface area contributed by atoms with Crippen LogP contribution in [0.15, 0.2) is 46.5 Å². The zero-order chi connectivity index (χ0) is 24.4. The molecule has 0 atom stereocenters. The zero-order valence-corrected chi connectivity index (χ0v) is 21.5. The second-order valence-electron chi connectivity index (χ2n) is 9.82. The standard InChI is InChI=1S/C26H33N7OS/c1-4-20(34)14-19-7-9-21(10-8-19)35-25-28-22(27-23-13-18(2)30-31-23)15-24(29-25)32-16-26(3,17-32)33-11-5-6-12-33/h7-10,13,15H,4-6,11-12,14,16-17H2,1-3H3,(H2,27,28,29,30,31). The number of anilines is 3. The summed E-state index contributed by atoms with van der Waals surface area (Å²) < 4.78 is 0. The molecule has 2 aliphatic rings. The summed E-state index contributed by atoms with van der Waals surface area (Å²) in [5.41, 5.74) is 2.24. The fourth-order valence-electron chi connectivity index (χ4n) is 4.83. The molecule has 3 aromatic rings. The lowest BCUT2D eigenvalue weighted by Crippen LogP contribution is -2.68. The largest absolute Gasteiger partial charge is 0.353 e. The maximum Gasteiger partial charge on any atom is 0.196 e. The number of H-pyrrole nitrogens is 1. The summed E-state index contributed by atoms with van der Waals surface area (Å²) in [4.78, 5) is 27.4. The number of rotatable bonds is 9. The third kappa shape index (κ3) is 5.51. The molecule has 2 fully saturated rings. The van der Waals surface area contributed by atoms with Gasteiger partial charge in [0.25, 0.3) is 0 Å². The quantitative estimate of drug-likeness (QED) is 0.420. The van der Waals surface area contributed by atoms with E-state index in [4.69, 9.17) is 9.97 Å². The van der Waals surface area contributed by atoms with Gasteiger partial charge in [0.1, 0.15) is 17.4 Å². The van der Waals surface area contributed by atoms with Gasteiger partial charge >= 0.3 is 0 Å². The number of Topliss-reactive ketones (excluding diaryl/α,β-unsaturated/α-hetero) is 1. The molecule has 8 nitrogen and oxygen atoms in total. The van der Waals surface area contributed by atoms with Crippen LogP contribution in [-0.2, 0) is 11.2 Å². The van der Waals surface area contributed by atoms with Crippen molar-refractivity contribution < 1.29 is 4.79 Å². The van der Waals surface area contributed by atoms with Crippen LogP contribution in [0.25, 0.3) is 0 Å². The van der Waals surface area contributed by atoms with E-state index in [0.717, 1.165) is 46.7 Å². The number of hydrogen-bond acceptors (Lipinski definition) is 8. The van der Waals surface area contributed by atoms with Crippen molar-refractivity contribution in [2.45, 2.75) is 62.0 Å².